The fraction of sp³-hybridized carbons (Fsp3) is 0.341. The van der Waals surface area contributed by atoms with Crippen molar-refractivity contribution in [3.63, 3.8) is 0 Å². The first-order chi connectivity index (χ1) is 25.0. The van der Waals surface area contributed by atoms with E-state index in [1.807, 2.05) is 30.3 Å². The van der Waals surface area contributed by atoms with E-state index in [0.29, 0.717) is 31.3 Å². The number of anilines is 1. The highest BCUT2D eigenvalue weighted by Gasteiger charge is 2.36. The van der Waals surface area contributed by atoms with Gasteiger partial charge in [-0.1, -0.05) is 30.7 Å². The Morgan fingerprint density at radius 1 is 0.824 bits per heavy atom. The molecule has 1 aliphatic carbocycles. The van der Waals surface area contributed by atoms with Gasteiger partial charge in [0.15, 0.2) is 5.58 Å². The van der Waals surface area contributed by atoms with Crippen LogP contribution < -0.4 is 19.1 Å². The van der Waals surface area contributed by atoms with Crippen molar-refractivity contribution in [2.24, 2.45) is 5.92 Å². The number of hydrogen-bond donors (Lipinski definition) is 0. The van der Waals surface area contributed by atoms with Crippen molar-refractivity contribution in [3.8, 4) is 28.6 Å². The quantitative estimate of drug-likeness (QED) is 0.132. The van der Waals surface area contributed by atoms with Crippen LogP contribution >= 0.6 is 0 Å². The van der Waals surface area contributed by atoms with E-state index in [-0.39, 0.29) is 17.8 Å². The van der Waals surface area contributed by atoms with Crippen molar-refractivity contribution >= 4 is 34.1 Å². The molecule has 0 N–H and O–H groups in total. The van der Waals surface area contributed by atoms with E-state index in [2.05, 4.69) is 58.0 Å². The van der Waals surface area contributed by atoms with Crippen LogP contribution in [0.5, 0.6) is 17.2 Å². The molecular formula is C41H42N4O6. The third kappa shape index (κ3) is 6.46. The molecule has 0 bridgehead atoms. The number of aryl methyl sites for hydroxylation is 1. The van der Waals surface area contributed by atoms with Crippen molar-refractivity contribution < 1.29 is 28.2 Å². The summed E-state index contributed by atoms with van der Waals surface area (Å²) in [4.78, 5) is 25.1. The number of nitrogens with zero attached hydrogens (tertiary/aromatic N) is 4. The number of imidazole rings is 1. The third-order valence-corrected chi connectivity index (χ3v) is 10.3. The zero-order chi connectivity index (χ0) is 34.9. The third-order valence-electron chi connectivity index (χ3n) is 10.3. The number of rotatable bonds is 10. The first-order valence-corrected chi connectivity index (χ1v) is 17.7. The number of aromatic nitrogens is 3. The van der Waals surface area contributed by atoms with Crippen LogP contribution in [0.1, 0.15) is 54.7 Å². The molecule has 4 aromatic carbocycles. The minimum absolute atomic E-state index is 0.0874. The highest BCUT2D eigenvalue weighted by molar-refractivity contribution is 5.89. The van der Waals surface area contributed by atoms with Gasteiger partial charge in [0.1, 0.15) is 34.1 Å². The van der Waals surface area contributed by atoms with Gasteiger partial charge in [0.25, 0.3) is 6.01 Å². The molecule has 2 atom stereocenters. The van der Waals surface area contributed by atoms with Crippen LogP contribution in [0.25, 0.3) is 33.5 Å². The summed E-state index contributed by atoms with van der Waals surface area (Å²) < 4.78 is 31.0. The molecule has 262 valence electrons. The molecule has 3 heterocycles. The Morgan fingerprint density at radius 3 is 2.24 bits per heavy atom. The Morgan fingerprint density at radius 2 is 1.55 bits per heavy atom. The predicted octanol–water partition coefficient (Wildman–Crippen LogP) is 8.30. The summed E-state index contributed by atoms with van der Waals surface area (Å²) in [6.07, 6.45) is 4.70. The van der Waals surface area contributed by atoms with Gasteiger partial charge < -0.3 is 32.8 Å². The summed E-state index contributed by atoms with van der Waals surface area (Å²) in [7, 11) is 4.82. The lowest BCUT2D eigenvalue weighted by molar-refractivity contribution is -0.145. The number of fused-ring (bicyclic) bond motifs is 1. The summed E-state index contributed by atoms with van der Waals surface area (Å²) in [6.45, 7) is 2.67. The molecule has 10 nitrogen and oxygen atoms in total. The van der Waals surface area contributed by atoms with Crippen molar-refractivity contribution in [1.82, 2.24) is 14.5 Å². The molecule has 51 heavy (non-hydrogen) atoms. The minimum atomic E-state index is -0.146. The first-order valence-electron chi connectivity index (χ1n) is 17.7. The molecule has 0 amide bonds. The smallest absolute Gasteiger partial charge is 0.309 e. The molecule has 1 aliphatic heterocycles. The summed E-state index contributed by atoms with van der Waals surface area (Å²) in [5.41, 5.74) is 7.59. The van der Waals surface area contributed by atoms with Gasteiger partial charge in [0.05, 0.1) is 39.4 Å². The predicted molar refractivity (Wildman–Crippen MR) is 195 cm³/mol. The van der Waals surface area contributed by atoms with Gasteiger partial charge in [-0.15, -0.1) is 0 Å². The average Bonchev–Trinajstić information content (AvgIpc) is 3.90. The molecule has 8 rings (SSSR count). The van der Waals surface area contributed by atoms with Crippen molar-refractivity contribution in [3.05, 3.63) is 95.6 Å². The second-order valence-electron chi connectivity index (χ2n) is 13.4. The number of benzene rings is 4. The van der Waals surface area contributed by atoms with E-state index >= 15 is 0 Å². The summed E-state index contributed by atoms with van der Waals surface area (Å²) in [5.74, 6) is 3.12. The number of carbonyl (C=O) groups is 1. The minimum Gasteiger partial charge on any atom is -0.497 e. The number of oxazole rings is 1. The lowest BCUT2D eigenvalue weighted by Gasteiger charge is -2.21. The van der Waals surface area contributed by atoms with Crippen LogP contribution in [0.3, 0.4) is 0 Å². The number of esters is 1. The van der Waals surface area contributed by atoms with E-state index in [4.69, 9.17) is 33.3 Å². The van der Waals surface area contributed by atoms with Crippen LogP contribution in [-0.2, 0) is 29.2 Å². The van der Waals surface area contributed by atoms with E-state index in [9.17, 15) is 4.79 Å². The van der Waals surface area contributed by atoms with E-state index in [0.717, 1.165) is 101 Å². The Bertz CT molecular complexity index is 2120. The Hall–Kier alpha value is -5.51. The van der Waals surface area contributed by atoms with Crippen LogP contribution in [0.2, 0.25) is 0 Å². The lowest BCUT2D eigenvalue weighted by Crippen LogP contribution is -2.22. The zero-order valence-electron chi connectivity index (χ0n) is 29.3. The first kappa shape index (κ1) is 32.7. The van der Waals surface area contributed by atoms with Gasteiger partial charge in [0.2, 0.25) is 0 Å². The second-order valence-corrected chi connectivity index (χ2v) is 13.4. The summed E-state index contributed by atoms with van der Waals surface area (Å²) >= 11 is 0. The second kappa shape index (κ2) is 14.0. The standard InChI is InChI=1S/C41H42N4O6/c1-47-30-14-9-26(10-15-30)24-44(25-27-11-16-31(48-2)17-12-27)41-43-34-21-28(13-18-36(34)51-41)39-42-35-22-29(32-7-6-8-33(32)40(46)49-3)23-37-38(35)45(39)19-4-5-20-50-37/h9-18,21-23,32-33H,4-8,19-20,24-25H2,1-3H3/t32?,33-/m1/s1. The van der Waals surface area contributed by atoms with Crippen LogP contribution in [0, 0.1) is 5.92 Å². The maximum Gasteiger partial charge on any atom is 0.309 e. The average molecular weight is 687 g/mol. The molecule has 1 saturated carbocycles. The van der Waals surface area contributed by atoms with Gasteiger partial charge >= 0.3 is 5.97 Å². The lowest BCUT2D eigenvalue weighted by atomic mass is 9.88. The Kier molecular flexibility index (Phi) is 8.98. The highest BCUT2D eigenvalue weighted by atomic mass is 16.5. The number of ether oxygens (including phenoxy) is 4. The summed E-state index contributed by atoms with van der Waals surface area (Å²) in [6, 6.07) is 27.0. The van der Waals surface area contributed by atoms with Gasteiger partial charge in [-0.2, -0.15) is 4.98 Å². The molecule has 0 saturated heterocycles. The topological polar surface area (TPSA) is 101 Å². The molecule has 1 fully saturated rings. The fourth-order valence-corrected chi connectivity index (χ4v) is 7.64. The monoisotopic (exact) mass is 686 g/mol. The van der Waals surface area contributed by atoms with Gasteiger partial charge in [0, 0.05) is 25.2 Å². The Labute approximate surface area is 296 Å². The molecule has 6 aromatic rings. The van der Waals surface area contributed by atoms with E-state index < -0.39 is 0 Å². The molecule has 10 heteroatoms. The molecule has 0 spiro atoms. The SMILES string of the molecule is COC(=O)[C@@H]1CCCC1c1cc2c3c(c1)nc(-c1ccc4oc(N(Cc5ccc(OC)cc5)Cc5ccc(OC)cc5)nc4c1)n3CCCCO2. The summed E-state index contributed by atoms with van der Waals surface area (Å²) in [5, 5.41) is 0. The van der Waals surface area contributed by atoms with Crippen LogP contribution in [-0.4, -0.2) is 48.4 Å². The largest absolute Gasteiger partial charge is 0.497 e. The fourth-order valence-electron chi connectivity index (χ4n) is 7.64. The highest BCUT2D eigenvalue weighted by Crippen LogP contribution is 2.44. The molecular weight excluding hydrogens is 644 g/mol. The normalized spacial score (nSPS) is 17.2. The zero-order valence-corrected chi connectivity index (χ0v) is 29.3. The van der Waals surface area contributed by atoms with Crippen molar-refractivity contribution in [2.45, 2.75) is 57.7 Å². The molecule has 0 radical (unpaired) electrons. The molecule has 2 aromatic heterocycles. The van der Waals surface area contributed by atoms with Gasteiger partial charge in [-0.25, -0.2) is 4.98 Å². The molecule has 1 unspecified atom stereocenters. The van der Waals surface area contributed by atoms with E-state index in [1.165, 1.54) is 7.11 Å². The maximum atomic E-state index is 12.7. The maximum absolute atomic E-state index is 12.7. The number of methoxy groups -OCH3 is 3. The van der Waals surface area contributed by atoms with Crippen LogP contribution in [0.15, 0.2) is 83.3 Å². The Balaban J connectivity index is 1.16. The van der Waals surface area contributed by atoms with Crippen molar-refractivity contribution in [2.75, 3.05) is 32.8 Å². The van der Waals surface area contributed by atoms with Gasteiger partial charge in [-0.05, 0) is 103 Å². The van der Waals surface area contributed by atoms with Crippen molar-refractivity contribution in [1.29, 1.82) is 0 Å². The number of carbonyl (C=O) groups excluding carboxylic acids is 1. The van der Waals surface area contributed by atoms with Crippen LogP contribution in [0.4, 0.5) is 6.01 Å². The van der Waals surface area contributed by atoms with E-state index in [1.54, 1.807) is 14.2 Å². The molecule has 2 aliphatic rings. The van der Waals surface area contributed by atoms with Gasteiger partial charge in [-0.3, -0.25) is 4.79 Å². The number of hydrogen-bond acceptors (Lipinski definition) is 9.